The van der Waals surface area contributed by atoms with Crippen LogP contribution in [-0.4, -0.2) is 36.1 Å². The van der Waals surface area contributed by atoms with Gasteiger partial charge in [-0.05, 0) is 6.42 Å². The molecule has 0 radical (unpaired) electrons. The second-order valence-corrected chi connectivity index (χ2v) is 7.65. The molecule has 1 amide bonds. The summed E-state index contributed by atoms with van der Waals surface area (Å²) in [7, 11) is 0. The molecule has 6 heteroatoms. The van der Waals surface area contributed by atoms with Crippen molar-refractivity contribution in [3.05, 3.63) is 12.2 Å². The van der Waals surface area contributed by atoms with Crippen LogP contribution in [0, 0.1) is 0 Å². The van der Waals surface area contributed by atoms with Crippen LogP contribution in [-0.2, 0) is 19.1 Å². The molecule has 168 valence electrons. The highest BCUT2D eigenvalue weighted by Crippen LogP contribution is 2.12. The normalized spacial score (nSPS) is 10.5. The highest BCUT2D eigenvalue weighted by atomic mass is 16.5. The lowest BCUT2D eigenvalue weighted by Crippen LogP contribution is -2.28. The van der Waals surface area contributed by atoms with Gasteiger partial charge in [-0.3, -0.25) is 9.59 Å². The van der Waals surface area contributed by atoms with E-state index < -0.39 is 18.4 Å². The molecule has 0 aliphatic rings. The first kappa shape index (κ1) is 27.1. The Balaban J connectivity index is 3.37. The average Bonchev–Trinajstić information content (AvgIpc) is 2.68. The molecular formula is C23H41NO5. The van der Waals surface area contributed by atoms with Crippen LogP contribution in [0.4, 0.5) is 0 Å². The van der Waals surface area contributed by atoms with Crippen molar-refractivity contribution < 1.29 is 24.2 Å². The lowest BCUT2D eigenvalue weighted by atomic mass is 10.0. The minimum atomic E-state index is -1.13. The lowest BCUT2D eigenvalue weighted by Gasteiger charge is -2.07. The standard InChI is InChI=1S/C23H41NO5/c1-3-4-5-6-7-8-9-10-11-12-13-14-15-16-21(25)24-17-18-29-23(28)20(2)19-22(26)27/h2-19H2,1H3,(H,24,25)(H,26,27). The highest BCUT2D eigenvalue weighted by Gasteiger charge is 2.12. The average molecular weight is 412 g/mol. The molecule has 2 N–H and O–H groups in total. The van der Waals surface area contributed by atoms with Crippen LogP contribution in [0.15, 0.2) is 12.2 Å². The summed E-state index contributed by atoms with van der Waals surface area (Å²) in [5.74, 6) is -1.91. The number of carboxylic acids is 1. The first-order valence-corrected chi connectivity index (χ1v) is 11.3. The molecule has 0 rings (SSSR count). The number of ether oxygens (including phenoxy) is 1. The maximum atomic E-state index is 11.7. The van der Waals surface area contributed by atoms with E-state index in [9.17, 15) is 14.4 Å². The molecule has 6 nitrogen and oxygen atoms in total. The van der Waals surface area contributed by atoms with E-state index in [1.54, 1.807) is 0 Å². The quantitative estimate of drug-likeness (QED) is 0.164. The van der Waals surface area contributed by atoms with E-state index in [4.69, 9.17) is 9.84 Å². The molecule has 0 aromatic heterocycles. The third kappa shape index (κ3) is 19.2. The van der Waals surface area contributed by atoms with Gasteiger partial charge >= 0.3 is 11.9 Å². The Kier molecular flexibility index (Phi) is 18.2. The smallest absolute Gasteiger partial charge is 0.334 e. The van der Waals surface area contributed by atoms with Crippen LogP contribution in [0.2, 0.25) is 0 Å². The number of unbranched alkanes of at least 4 members (excludes halogenated alkanes) is 12. The Bertz CT molecular complexity index is 476. The summed E-state index contributed by atoms with van der Waals surface area (Å²) in [5, 5.41) is 11.3. The van der Waals surface area contributed by atoms with Gasteiger partial charge in [0.05, 0.1) is 13.0 Å². The molecule has 0 aromatic rings. The van der Waals surface area contributed by atoms with Crippen molar-refractivity contribution in [2.45, 2.75) is 103 Å². The van der Waals surface area contributed by atoms with E-state index in [1.807, 2.05) is 0 Å². The predicted octanol–water partition coefficient (Wildman–Crippen LogP) is 5.16. The first-order valence-electron chi connectivity index (χ1n) is 11.3. The Morgan fingerprint density at radius 2 is 1.31 bits per heavy atom. The van der Waals surface area contributed by atoms with Gasteiger partial charge in [-0.2, -0.15) is 0 Å². The zero-order valence-electron chi connectivity index (χ0n) is 18.3. The summed E-state index contributed by atoms with van der Waals surface area (Å²) in [6.45, 7) is 5.85. The van der Waals surface area contributed by atoms with Gasteiger partial charge in [0.1, 0.15) is 6.61 Å². The van der Waals surface area contributed by atoms with E-state index in [2.05, 4.69) is 18.8 Å². The number of carboxylic acid groups (broad SMARTS) is 1. The number of aliphatic carboxylic acids is 1. The van der Waals surface area contributed by atoms with Crippen molar-refractivity contribution in [2.75, 3.05) is 13.2 Å². The van der Waals surface area contributed by atoms with E-state index in [0.717, 1.165) is 12.8 Å². The molecule has 0 fully saturated rings. The van der Waals surface area contributed by atoms with Gasteiger partial charge < -0.3 is 15.2 Å². The summed E-state index contributed by atoms with van der Waals surface area (Å²) in [4.78, 5) is 33.6. The minimum Gasteiger partial charge on any atom is -0.481 e. The summed E-state index contributed by atoms with van der Waals surface area (Å²) in [5.41, 5.74) is -0.101. The summed E-state index contributed by atoms with van der Waals surface area (Å²) < 4.78 is 4.86. The molecule has 29 heavy (non-hydrogen) atoms. The van der Waals surface area contributed by atoms with E-state index in [-0.39, 0.29) is 24.6 Å². The zero-order valence-corrected chi connectivity index (χ0v) is 18.3. The van der Waals surface area contributed by atoms with Crippen molar-refractivity contribution in [1.29, 1.82) is 0 Å². The van der Waals surface area contributed by atoms with Crippen LogP contribution >= 0.6 is 0 Å². The monoisotopic (exact) mass is 411 g/mol. The van der Waals surface area contributed by atoms with E-state index >= 15 is 0 Å². The van der Waals surface area contributed by atoms with Gasteiger partial charge in [0, 0.05) is 12.0 Å². The predicted molar refractivity (Wildman–Crippen MR) is 116 cm³/mol. The molecule has 0 aliphatic carbocycles. The molecule has 0 saturated heterocycles. The number of rotatable bonds is 20. The fourth-order valence-electron chi connectivity index (χ4n) is 3.08. The fraction of sp³-hybridized carbons (Fsp3) is 0.783. The number of carbonyl (C=O) groups is 3. The molecule has 0 aliphatic heterocycles. The third-order valence-corrected chi connectivity index (χ3v) is 4.82. The molecular weight excluding hydrogens is 370 g/mol. The van der Waals surface area contributed by atoms with Crippen molar-refractivity contribution >= 4 is 17.8 Å². The van der Waals surface area contributed by atoms with Crippen molar-refractivity contribution in [3.63, 3.8) is 0 Å². The SMILES string of the molecule is C=C(CC(=O)O)C(=O)OCCNC(=O)CCCCCCCCCCCCCCC. The van der Waals surface area contributed by atoms with Gasteiger partial charge in [0.15, 0.2) is 0 Å². The molecule has 0 bridgehead atoms. The number of nitrogens with one attached hydrogen (secondary N) is 1. The van der Waals surface area contributed by atoms with Crippen molar-refractivity contribution in [3.8, 4) is 0 Å². The summed E-state index contributed by atoms with van der Waals surface area (Å²) in [6.07, 6.45) is 16.6. The van der Waals surface area contributed by atoms with Crippen LogP contribution in [0.3, 0.4) is 0 Å². The largest absolute Gasteiger partial charge is 0.481 e. The second kappa shape index (κ2) is 19.5. The Labute approximate surface area is 176 Å². The first-order chi connectivity index (χ1) is 14.0. The van der Waals surface area contributed by atoms with Gasteiger partial charge in [-0.25, -0.2) is 4.79 Å². The Morgan fingerprint density at radius 3 is 1.79 bits per heavy atom. The number of carbonyl (C=O) groups excluding carboxylic acids is 2. The lowest BCUT2D eigenvalue weighted by molar-refractivity contribution is -0.142. The van der Waals surface area contributed by atoms with Crippen LogP contribution in [0.25, 0.3) is 0 Å². The topological polar surface area (TPSA) is 92.7 Å². The van der Waals surface area contributed by atoms with E-state index in [0.29, 0.717) is 6.42 Å². The molecule has 0 atom stereocenters. The zero-order chi connectivity index (χ0) is 21.7. The number of esters is 1. The minimum absolute atomic E-state index is 0.0157. The van der Waals surface area contributed by atoms with Gasteiger partial charge in [-0.15, -0.1) is 0 Å². The molecule has 0 aromatic carbocycles. The number of hydrogen-bond donors (Lipinski definition) is 2. The van der Waals surface area contributed by atoms with Crippen molar-refractivity contribution in [2.24, 2.45) is 0 Å². The molecule has 0 unspecified atom stereocenters. The van der Waals surface area contributed by atoms with Crippen LogP contribution in [0.1, 0.15) is 103 Å². The summed E-state index contributed by atoms with van der Waals surface area (Å²) >= 11 is 0. The van der Waals surface area contributed by atoms with Crippen molar-refractivity contribution in [1.82, 2.24) is 5.32 Å². The fourth-order valence-corrected chi connectivity index (χ4v) is 3.08. The maximum absolute atomic E-state index is 11.7. The van der Waals surface area contributed by atoms with Gasteiger partial charge in [-0.1, -0.05) is 90.6 Å². The summed E-state index contributed by atoms with van der Waals surface area (Å²) in [6, 6.07) is 0. The number of amides is 1. The van der Waals surface area contributed by atoms with E-state index in [1.165, 1.54) is 70.6 Å². The Morgan fingerprint density at radius 1 is 0.828 bits per heavy atom. The highest BCUT2D eigenvalue weighted by molar-refractivity contribution is 5.92. The van der Waals surface area contributed by atoms with Crippen LogP contribution < -0.4 is 5.32 Å². The molecule has 0 saturated carbocycles. The Hall–Kier alpha value is -1.85. The maximum Gasteiger partial charge on any atom is 0.334 e. The van der Waals surface area contributed by atoms with Crippen LogP contribution in [0.5, 0.6) is 0 Å². The van der Waals surface area contributed by atoms with Gasteiger partial charge in [0.2, 0.25) is 5.91 Å². The molecule has 0 heterocycles. The number of hydrogen-bond acceptors (Lipinski definition) is 4. The molecule has 0 spiro atoms. The van der Waals surface area contributed by atoms with Gasteiger partial charge in [0.25, 0.3) is 0 Å². The third-order valence-electron chi connectivity index (χ3n) is 4.82. The second-order valence-electron chi connectivity index (χ2n) is 7.65.